The van der Waals surface area contributed by atoms with Gasteiger partial charge < -0.3 is 5.32 Å². The van der Waals surface area contributed by atoms with Gasteiger partial charge in [0.15, 0.2) is 0 Å². The number of nitrogens with one attached hydrogen (secondary N) is 1. The Hall–Kier alpha value is -2.53. The third-order valence-corrected chi connectivity index (χ3v) is 4.19. The van der Waals surface area contributed by atoms with Crippen LogP contribution in [0.25, 0.3) is 0 Å². The van der Waals surface area contributed by atoms with Crippen molar-refractivity contribution in [3.8, 4) is 0 Å². The second kappa shape index (κ2) is 6.49. The van der Waals surface area contributed by atoms with E-state index in [0.717, 1.165) is 16.1 Å². The Morgan fingerprint density at radius 1 is 1.09 bits per heavy atom. The van der Waals surface area contributed by atoms with Crippen LogP contribution in [0.5, 0.6) is 0 Å². The van der Waals surface area contributed by atoms with Crippen molar-refractivity contribution in [3.63, 3.8) is 0 Å². The molecule has 0 fully saturated rings. The van der Waals surface area contributed by atoms with E-state index < -0.39 is 0 Å². The lowest BCUT2D eigenvalue weighted by molar-refractivity contribution is 0.0938. The van der Waals surface area contributed by atoms with Gasteiger partial charge in [0.05, 0.1) is 17.9 Å². The fraction of sp³-hybridized carbons (Fsp3) is 0.118. The predicted octanol–water partition coefficient (Wildman–Crippen LogP) is 3.37. The smallest absolute Gasteiger partial charge is 0.272 e. The van der Waals surface area contributed by atoms with E-state index in [1.165, 1.54) is 6.20 Å². The van der Waals surface area contributed by atoms with Gasteiger partial charge in [-0.05, 0) is 23.9 Å². The van der Waals surface area contributed by atoms with Crippen LogP contribution in [0.4, 0.5) is 0 Å². The fourth-order valence-electron chi connectivity index (χ4n) is 2.13. The fourth-order valence-corrected chi connectivity index (χ4v) is 2.94. The van der Waals surface area contributed by atoms with Crippen LogP contribution in [0, 0.1) is 6.92 Å². The van der Waals surface area contributed by atoms with Crippen molar-refractivity contribution in [2.75, 3.05) is 0 Å². The summed E-state index contributed by atoms with van der Waals surface area (Å²) in [5, 5.41) is 5.04. The number of aryl methyl sites for hydroxylation is 1. The zero-order chi connectivity index (χ0) is 15.4. The molecule has 0 spiro atoms. The molecule has 0 bridgehead atoms. The summed E-state index contributed by atoms with van der Waals surface area (Å²) >= 11 is 1.61. The Morgan fingerprint density at radius 2 is 1.91 bits per heavy atom. The Morgan fingerprint density at radius 3 is 2.55 bits per heavy atom. The van der Waals surface area contributed by atoms with Crippen LogP contribution in [-0.4, -0.2) is 15.9 Å². The van der Waals surface area contributed by atoms with Crippen molar-refractivity contribution in [3.05, 3.63) is 82.1 Å². The lowest BCUT2D eigenvalue weighted by atomic mass is 10.1. The topological polar surface area (TPSA) is 54.9 Å². The van der Waals surface area contributed by atoms with Crippen LogP contribution in [0.1, 0.15) is 32.7 Å². The number of hydrogen-bond donors (Lipinski definition) is 1. The zero-order valence-electron chi connectivity index (χ0n) is 12.1. The largest absolute Gasteiger partial charge is 0.339 e. The second-order valence-electron chi connectivity index (χ2n) is 4.88. The number of aromatic nitrogens is 2. The average molecular weight is 309 g/mol. The minimum absolute atomic E-state index is 0.184. The van der Waals surface area contributed by atoms with Crippen LogP contribution in [-0.2, 0) is 0 Å². The Labute approximate surface area is 132 Å². The van der Waals surface area contributed by atoms with E-state index >= 15 is 0 Å². The molecule has 2 aromatic heterocycles. The number of nitrogens with zero attached hydrogens (tertiary/aromatic N) is 2. The number of thiophene rings is 1. The second-order valence-corrected chi connectivity index (χ2v) is 5.85. The van der Waals surface area contributed by atoms with Crippen molar-refractivity contribution >= 4 is 17.2 Å². The van der Waals surface area contributed by atoms with Crippen molar-refractivity contribution in [2.45, 2.75) is 13.0 Å². The summed E-state index contributed by atoms with van der Waals surface area (Å²) in [7, 11) is 0. The summed E-state index contributed by atoms with van der Waals surface area (Å²) < 4.78 is 0. The highest BCUT2D eigenvalue weighted by Crippen LogP contribution is 2.26. The van der Waals surface area contributed by atoms with E-state index in [1.807, 2.05) is 54.8 Å². The Bertz CT molecular complexity index is 739. The first-order chi connectivity index (χ1) is 10.7. The lowest BCUT2D eigenvalue weighted by Crippen LogP contribution is -2.29. The maximum Gasteiger partial charge on any atom is 0.272 e. The lowest BCUT2D eigenvalue weighted by Gasteiger charge is -2.17. The van der Waals surface area contributed by atoms with Crippen molar-refractivity contribution < 1.29 is 4.79 Å². The molecular formula is C17H15N3OS. The van der Waals surface area contributed by atoms with Crippen LogP contribution in [0.3, 0.4) is 0 Å². The molecule has 0 aliphatic rings. The first-order valence-electron chi connectivity index (χ1n) is 6.92. The van der Waals surface area contributed by atoms with Gasteiger partial charge in [-0.15, -0.1) is 11.3 Å². The molecule has 22 heavy (non-hydrogen) atoms. The molecule has 0 saturated carbocycles. The predicted molar refractivity (Wildman–Crippen MR) is 86.8 cm³/mol. The summed E-state index contributed by atoms with van der Waals surface area (Å²) in [5.41, 5.74) is 2.15. The number of carbonyl (C=O) groups excluding carboxylic acids is 1. The van der Waals surface area contributed by atoms with Crippen LogP contribution in [0.15, 0.2) is 60.2 Å². The van der Waals surface area contributed by atoms with Gasteiger partial charge in [0.1, 0.15) is 5.69 Å². The van der Waals surface area contributed by atoms with E-state index in [9.17, 15) is 4.79 Å². The Kier molecular flexibility index (Phi) is 4.25. The standard InChI is InChI=1S/C17H15N3OS/c1-12-10-19-14(11-18-12)17(21)20-16(15-8-5-9-22-15)13-6-3-2-4-7-13/h2-11,16H,1H3,(H,20,21)/t16-/m0/s1. The molecular weight excluding hydrogens is 294 g/mol. The van der Waals surface area contributed by atoms with Crippen LogP contribution >= 0.6 is 11.3 Å². The number of benzene rings is 1. The van der Waals surface area contributed by atoms with Gasteiger partial charge in [-0.2, -0.15) is 0 Å². The highest BCUT2D eigenvalue weighted by molar-refractivity contribution is 7.10. The molecule has 1 atom stereocenters. The minimum Gasteiger partial charge on any atom is -0.339 e. The van der Waals surface area contributed by atoms with E-state index in [4.69, 9.17) is 0 Å². The molecule has 110 valence electrons. The Balaban J connectivity index is 1.87. The quantitative estimate of drug-likeness (QED) is 0.804. The molecule has 1 N–H and O–H groups in total. The number of amides is 1. The van der Waals surface area contributed by atoms with Crippen molar-refractivity contribution in [2.24, 2.45) is 0 Å². The highest BCUT2D eigenvalue weighted by Gasteiger charge is 2.19. The molecule has 5 heteroatoms. The first kappa shape index (κ1) is 14.4. The number of hydrogen-bond acceptors (Lipinski definition) is 4. The molecule has 0 saturated heterocycles. The number of carbonyl (C=O) groups is 1. The van der Waals surface area contributed by atoms with Gasteiger partial charge >= 0.3 is 0 Å². The zero-order valence-corrected chi connectivity index (χ0v) is 12.9. The monoisotopic (exact) mass is 309 g/mol. The average Bonchev–Trinajstić information content (AvgIpc) is 3.08. The van der Waals surface area contributed by atoms with E-state index in [1.54, 1.807) is 17.5 Å². The summed E-state index contributed by atoms with van der Waals surface area (Å²) in [6.07, 6.45) is 3.10. The maximum atomic E-state index is 12.4. The summed E-state index contributed by atoms with van der Waals surface area (Å²) in [5.74, 6) is -0.227. The third kappa shape index (κ3) is 3.20. The molecule has 3 aromatic rings. The van der Waals surface area contributed by atoms with Gasteiger partial charge in [-0.3, -0.25) is 9.78 Å². The molecule has 3 rings (SSSR count). The van der Waals surface area contributed by atoms with Gasteiger partial charge in [-0.1, -0.05) is 36.4 Å². The number of rotatable bonds is 4. The van der Waals surface area contributed by atoms with E-state index in [0.29, 0.717) is 5.69 Å². The van der Waals surface area contributed by atoms with Crippen molar-refractivity contribution in [1.82, 2.24) is 15.3 Å². The summed E-state index contributed by atoms with van der Waals surface area (Å²) in [4.78, 5) is 21.8. The molecule has 2 heterocycles. The molecule has 1 aromatic carbocycles. The molecule has 0 aliphatic heterocycles. The van der Waals surface area contributed by atoms with Crippen LogP contribution in [0.2, 0.25) is 0 Å². The summed E-state index contributed by atoms with van der Waals surface area (Å²) in [6, 6.07) is 13.7. The molecule has 4 nitrogen and oxygen atoms in total. The summed E-state index contributed by atoms with van der Waals surface area (Å²) in [6.45, 7) is 1.84. The molecule has 0 aliphatic carbocycles. The van der Waals surface area contributed by atoms with E-state index in [-0.39, 0.29) is 11.9 Å². The third-order valence-electron chi connectivity index (χ3n) is 3.25. The van der Waals surface area contributed by atoms with Gasteiger partial charge in [0.25, 0.3) is 5.91 Å². The maximum absolute atomic E-state index is 12.4. The normalized spacial score (nSPS) is 11.9. The van der Waals surface area contributed by atoms with Gasteiger partial charge in [0.2, 0.25) is 0 Å². The first-order valence-corrected chi connectivity index (χ1v) is 7.80. The van der Waals surface area contributed by atoms with Gasteiger partial charge in [0, 0.05) is 11.1 Å². The van der Waals surface area contributed by atoms with Gasteiger partial charge in [-0.25, -0.2) is 4.98 Å². The molecule has 0 radical (unpaired) electrons. The van der Waals surface area contributed by atoms with Crippen LogP contribution < -0.4 is 5.32 Å². The van der Waals surface area contributed by atoms with E-state index in [2.05, 4.69) is 15.3 Å². The minimum atomic E-state index is -0.227. The SMILES string of the molecule is Cc1cnc(C(=O)N[C@@H](c2ccccc2)c2cccs2)cn1. The molecule has 0 unspecified atom stereocenters. The van der Waals surface area contributed by atoms with Crippen molar-refractivity contribution in [1.29, 1.82) is 0 Å². The molecule has 1 amide bonds. The highest BCUT2D eigenvalue weighted by atomic mass is 32.1.